The average molecular weight is 358 g/mol. The topological polar surface area (TPSA) is 59.0 Å². The van der Waals surface area contributed by atoms with Crippen LogP contribution in [0, 0.1) is 0 Å². The van der Waals surface area contributed by atoms with Crippen LogP contribution in [0.4, 0.5) is 0 Å². The number of aliphatic hydroxyl groups excluding tert-OH is 1. The number of ether oxygens (including phenoxy) is 2. The Hall–Kier alpha value is -1.11. The third kappa shape index (κ3) is 4.98. The quantitative estimate of drug-likeness (QED) is 0.789. The number of hydrogen-bond donors (Lipinski definition) is 1. The molecule has 2 rings (SSSR count). The van der Waals surface area contributed by atoms with Crippen molar-refractivity contribution in [3.8, 4) is 5.75 Å². The van der Waals surface area contributed by atoms with E-state index < -0.39 is 0 Å². The molecular weight excluding hydrogens is 338 g/mol. The molecule has 1 aromatic carbocycles. The Morgan fingerprint density at radius 2 is 2.19 bits per heavy atom. The molecule has 0 spiro atoms. The number of carbonyl (C=O) groups is 1. The molecule has 1 atom stereocenters. The minimum absolute atomic E-state index is 0.0526. The van der Waals surface area contributed by atoms with Gasteiger partial charge < -0.3 is 19.5 Å². The molecule has 1 aliphatic rings. The Balaban J connectivity index is 1.70. The second-order valence-corrected chi connectivity index (χ2v) is 5.82. The number of hydrogen-bond acceptors (Lipinski definition) is 4. The fraction of sp³-hybridized carbons (Fsp3) is 0.533. The number of rotatable bonds is 6. The maximum Gasteiger partial charge on any atom is 0.223 e. The second-order valence-electron chi connectivity index (χ2n) is 4.90. The summed E-state index contributed by atoms with van der Waals surface area (Å²) >= 11 is 3.37. The first-order valence-electron chi connectivity index (χ1n) is 7.07. The zero-order valence-corrected chi connectivity index (χ0v) is 13.4. The van der Waals surface area contributed by atoms with Crippen molar-refractivity contribution in [2.45, 2.75) is 18.9 Å². The highest BCUT2D eigenvalue weighted by Gasteiger charge is 2.26. The van der Waals surface area contributed by atoms with E-state index in [0.717, 1.165) is 10.2 Å². The Kier molecular flexibility index (Phi) is 6.48. The van der Waals surface area contributed by atoms with Gasteiger partial charge in [-0.1, -0.05) is 15.9 Å². The summed E-state index contributed by atoms with van der Waals surface area (Å²) in [4.78, 5) is 13.8. The molecule has 5 nitrogen and oxygen atoms in total. The molecular formula is C15H20BrNO4. The summed E-state index contributed by atoms with van der Waals surface area (Å²) in [5, 5.41) is 9.25. The van der Waals surface area contributed by atoms with Gasteiger partial charge in [-0.25, -0.2) is 0 Å². The SMILES string of the molecule is O=C(CCCOc1ccc(Br)cc1)N1CCOCC1CO. The van der Waals surface area contributed by atoms with Crippen LogP contribution in [-0.4, -0.2) is 54.9 Å². The van der Waals surface area contributed by atoms with E-state index in [1.165, 1.54) is 0 Å². The molecule has 0 saturated carbocycles. The van der Waals surface area contributed by atoms with Crippen molar-refractivity contribution in [3.05, 3.63) is 28.7 Å². The van der Waals surface area contributed by atoms with E-state index in [9.17, 15) is 9.90 Å². The van der Waals surface area contributed by atoms with Crippen LogP contribution in [0.2, 0.25) is 0 Å². The standard InChI is InChI=1S/C15H20BrNO4/c16-12-3-5-14(6-4-12)21-8-1-2-15(19)17-7-9-20-11-13(17)10-18/h3-6,13,18H,1-2,7-11H2. The first kappa shape index (κ1) is 16.3. The molecule has 1 heterocycles. The van der Waals surface area contributed by atoms with E-state index in [0.29, 0.717) is 39.2 Å². The van der Waals surface area contributed by atoms with Crippen molar-refractivity contribution < 1.29 is 19.4 Å². The van der Waals surface area contributed by atoms with Gasteiger partial charge in [0.05, 0.1) is 32.5 Å². The molecule has 1 unspecified atom stereocenters. The lowest BCUT2D eigenvalue weighted by Crippen LogP contribution is -2.50. The zero-order valence-electron chi connectivity index (χ0n) is 11.8. The second kappa shape index (κ2) is 8.36. The van der Waals surface area contributed by atoms with Crippen LogP contribution in [0.5, 0.6) is 5.75 Å². The molecule has 0 aliphatic carbocycles. The Bertz CT molecular complexity index is 451. The number of nitrogens with zero attached hydrogens (tertiary/aromatic N) is 1. The van der Waals surface area contributed by atoms with E-state index in [2.05, 4.69) is 15.9 Å². The van der Waals surface area contributed by atoms with Crippen molar-refractivity contribution in [2.24, 2.45) is 0 Å². The van der Waals surface area contributed by atoms with Crippen LogP contribution in [0.1, 0.15) is 12.8 Å². The van der Waals surface area contributed by atoms with Gasteiger partial charge in [-0.3, -0.25) is 4.79 Å². The summed E-state index contributed by atoms with van der Waals surface area (Å²) in [6.45, 7) is 1.95. The largest absolute Gasteiger partial charge is 0.494 e. The van der Waals surface area contributed by atoms with Crippen LogP contribution >= 0.6 is 15.9 Å². The number of benzene rings is 1. The van der Waals surface area contributed by atoms with Gasteiger partial charge in [0.2, 0.25) is 5.91 Å². The van der Waals surface area contributed by atoms with E-state index in [1.807, 2.05) is 24.3 Å². The minimum Gasteiger partial charge on any atom is -0.494 e. The van der Waals surface area contributed by atoms with Crippen molar-refractivity contribution in [1.82, 2.24) is 4.90 Å². The van der Waals surface area contributed by atoms with E-state index in [1.54, 1.807) is 4.90 Å². The summed E-state index contributed by atoms with van der Waals surface area (Å²) in [5.74, 6) is 0.849. The monoisotopic (exact) mass is 357 g/mol. The maximum atomic E-state index is 12.1. The van der Waals surface area contributed by atoms with Gasteiger partial charge in [0.15, 0.2) is 0 Å². The smallest absolute Gasteiger partial charge is 0.223 e. The predicted molar refractivity (Wildman–Crippen MR) is 82.3 cm³/mol. The normalized spacial score (nSPS) is 18.6. The molecule has 1 amide bonds. The number of morpholine rings is 1. The van der Waals surface area contributed by atoms with E-state index in [4.69, 9.17) is 9.47 Å². The van der Waals surface area contributed by atoms with Gasteiger partial charge in [0, 0.05) is 17.4 Å². The highest BCUT2D eigenvalue weighted by atomic mass is 79.9. The number of aliphatic hydroxyl groups is 1. The van der Waals surface area contributed by atoms with Crippen LogP contribution in [0.15, 0.2) is 28.7 Å². The molecule has 1 N–H and O–H groups in total. The Labute approximate surface area is 133 Å². The van der Waals surface area contributed by atoms with Gasteiger partial charge >= 0.3 is 0 Å². The highest BCUT2D eigenvalue weighted by molar-refractivity contribution is 9.10. The lowest BCUT2D eigenvalue weighted by atomic mass is 10.2. The van der Waals surface area contributed by atoms with Crippen LogP contribution < -0.4 is 4.74 Å². The minimum atomic E-state index is -0.210. The van der Waals surface area contributed by atoms with Gasteiger partial charge in [-0.2, -0.15) is 0 Å². The van der Waals surface area contributed by atoms with Crippen LogP contribution in [-0.2, 0) is 9.53 Å². The van der Waals surface area contributed by atoms with Gasteiger partial charge in [-0.15, -0.1) is 0 Å². The summed E-state index contributed by atoms with van der Waals surface area (Å²) < 4.78 is 11.9. The molecule has 0 radical (unpaired) electrons. The molecule has 1 fully saturated rings. The van der Waals surface area contributed by atoms with Crippen molar-refractivity contribution >= 4 is 21.8 Å². The van der Waals surface area contributed by atoms with E-state index >= 15 is 0 Å². The first-order chi connectivity index (χ1) is 10.2. The molecule has 116 valence electrons. The fourth-order valence-electron chi connectivity index (χ4n) is 2.22. The van der Waals surface area contributed by atoms with E-state index in [-0.39, 0.29) is 18.6 Å². The molecule has 0 bridgehead atoms. The average Bonchev–Trinajstić information content (AvgIpc) is 2.53. The van der Waals surface area contributed by atoms with Crippen LogP contribution in [0.25, 0.3) is 0 Å². The highest BCUT2D eigenvalue weighted by Crippen LogP contribution is 2.16. The number of carbonyl (C=O) groups excluding carboxylic acids is 1. The van der Waals surface area contributed by atoms with Crippen LogP contribution in [0.3, 0.4) is 0 Å². The Morgan fingerprint density at radius 1 is 1.43 bits per heavy atom. The van der Waals surface area contributed by atoms with Gasteiger partial charge in [0.25, 0.3) is 0 Å². The molecule has 1 saturated heterocycles. The third-order valence-electron chi connectivity index (χ3n) is 3.38. The molecule has 21 heavy (non-hydrogen) atoms. The lowest BCUT2D eigenvalue weighted by molar-refractivity contribution is -0.141. The van der Waals surface area contributed by atoms with Crippen molar-refractivity contribution in [2.75, 3.05) is 33.0 Å². The summed E-state index contributed by atoms with van der Waals surface area (Å²) in [6.07, 6.45) is 1.08. The maximum absolute atomic E-state index is 12.1. The fourth-order valence-corrected chi connectivity index (χ4v) is 2.49. The summed E-state index contributed by atoms with van der Waals surface area (Å²) in [6, 6.07) is 7.39. The summed E-state index contributed by atoms with van der Waals surface area (Å²) in [5.41, 5.74) is 0. The molecule has 1 aromatic rings. The van der Waals surface area contributed by atoms with Crippen molar-refractivity contribution in [1.29, 1.82) is 0 Å². The van der Waals surface area contributed by atoms with Gasteiger partial charge in [-0.05, 0) is 30.7 Å². The number of halogens is 1. The van der Waals surface area contributed by atoms with Gasteiger partial charge in [0.1, 0.15) is 5.75 Å². The summed E-state index contributed by atoms with van der Waals surface area (Å²) in [7, 11) is 0. The zero-order chi connectivity index (χ0) is 15.1. The molecule has 0 aromatic heterocycles. The lowest BCUT2D eigenvalue weighted by Gasteiger charge is -2.34. The number of amides is 1. The Morgan fingerprint density at radius 3 is 2.90 bits per heavy atom. The third-order valence-corrected chi connectivity index (χ3v) is 3.90. The van der Waals surface area contributed by atoms with Crippen molar-refractivity contribution in [3.63, 3.8) is 0 Å². The molecule has 6 heteroatoms. The molecule has 1 aliphatic heterocycles. The first-order valence-corrected chi connectivity index (χ1v) is 7.86. The predicted octanol–water partition coefficient (Wildman–Crippen LogP) is 1.83.